The SMILES string of the molecule is CCc1ccc(OCC(=O)NCC(Cc2ccccc2)N(C)C)cc1. The van der Waals surface area contributed by atoms with Gasteiger partial charge in [0.05, 0.1) is 0 Å². The largest absolute Gasteiger partial charge is 0.484 e. The van der Waals surface area contributed by atoms with E-state index < -0.39 is 0 Å². The summed E-state index contributed by atoms with van der Waals surface area (Å²) in [5.41, 5.74) is 2.52. The molecule has 4 heteroatoms. The third kappa shape index (κ3) is 6.59. The van der Waals surface area contributed by atoms with Crippen LogP contribution in [0.5, 0.6) is 5.75 Å². The predicted molar refractivity (Wildman–Crippen MR) is 102 cm³/mol. The molecule has 2 aromatic rings. The maximum atomic E-state index is 12.1. The number of benzene rings is 2. The lowest BCUT2D eigenvalue weighted by atomic mass is 10.1. The minimum Gasteiger partial charge on any atom is -0.484 e. The van der Waals surface area contributed by atoms with Crippen molar-refractivity contribution < 1.29 is 9.53 Å². The standard InChI is InChI=1S/C21H28N2O2/c1-4-17-10-12-20(13-11-17)25-16-21(24)22-15-19(23(2)3)14-18-8-6-5-7-9-18/h5-13,19H,4,14-16H2,1-3H3,(H,22,24). The van der Waals surface area contributed by atoms with E-state index in [1.165, 1.54) is 11.1 Å². The summed E-state index contributed by atoms with van der Waals surface area (Å²) in [6, 6.07) is 18.4. The summed E-state index contributed by atoms with van der Waals surface area (Å²) < 4.78 is 5.55. The van der Waals surface area contributed by atoms with Crippen molar-refractivity contribution in [2.24, 2.45) is 0 Å². The fourth-order valence-corrected chi connectivity index (χ4v) is 2.58. The second kappa shape index (κ2) is 9.84. The minimum atomic E-state index is -0.0977. The number of carbonyl (C=O) groups is 1. The van der Waals surface area contributed by atoms with E-state index >= 15 is 0 Å². The molecule has 1 atom stereocenters. The molecular formula is C21H28N2O2. The van der Waals surface area contributed by atoms with Gasteiger partial charge >= 0.3 is 0 Å². The highest BCUT2D eigenvalue weighted by Crippen LogP contribution is 2.12. The predicted octanol–water partition coefficient (Wildman–Crippen LogP) is 2.92. The molecule has 0 aliphatic rings. The van der Waals surface area contributed by atoms with Crippen LogP contribution in [0.25, 0.3) is 0 Å². The molecular weight excluding hydrogens is 312 g/mol. The molecule has 1 N–H and O–H groups in total. The van der Waals surface area contributed by atoms with Gasteiger partial charge in [0.1, 0.15) is 5.75 Å². The molecule has 0 saturated heterocycles. The van der Waals surface area contributed by atoms with Crippen molar-refractivity contribution in [3.05, 3.63) is 65.7 Å². The van der Waals surface area contributed by atoms with Crippen molar-refractivity contribution in [2.45, 2.75) is 25.8 Å². The van der Waals surface area contributed by atoms with Crippen LogP contribution in [-0.2, 0) is 17.6 Å². The molecule has 0 saturated carbocycles. The quantitative estimate of drug-likeness (QED) is 0.763. The first kappa shape index (κ1) is 19.0. The average Bonchev–Trinajstić information content (AvgIpc) is 2.64. The van der Waals surface area contributed by atoms with Crippen LogP contribution >= 0.6 is 0 Å². The fraction of sp³-hybridized carbons (Fsp3) is 0.381. The Morgan fingerprint density at radius 3 is 2.32 bits per heavy atom. The molecule has 1 unspecified atom stereocenters. The van der Waals surface area contributed by atoms with Gasteiger partial charge in [0.25, 0.3) is 5.91 Å². The number of aryl methyl sites for hydroxylation is 1. The van der Waals surface area contributed by atoms with Crippen LogP contribution in [0.3, 0.4) is 0 Å². The van der Waals surface area contributed by atoms with E-state index in [4.69, 9.17) is 4.74 Å². The summed E-state index contributed by atoms with van der Waals surface area (Å²) in [6.45, 7) is 2.75. The van der Waals surface area contributed by atoms with Crippen molar-refractivity contribution >= 4 is 5.91 Å². The Morgan fingerprint density at radius 2 is 1.72 bits per heavy atom. The summed E-state index contributed by atoms with van der Waals surface area (Å²) >= 11 is 0. The van der Waals surface area contributed by atoms with Gasteiger partial charge in [0.2, 0.25) is 0 Å². The van der Waals surface area contributed by atoms with E-state index in [2.05, 4.69) is 29.3 Å². The first-order valence-electron chi connectivity index (χ1n) is 8.77. The monoisotopic (exact) mass is 340 g/mol. The van der Waals surface area contributed by atoms with Crippen molar-refractivity contribution in [3.8, 4) is 5.75 Å². The molecule has 0 bridgehead atoms. The number of nitrogens with one attached hydrogen (secondary N) is 1. The zero-order valence-corrected chi connectivity index (χ0v) is 15.4. The van der Waals surface area contributed by atoms with Gasteiger partial charge in [-0.3, -0.25) is 4.79 Å². The molecule has 0 aliphatic carbocycles. The molecule has 0 radical (unpaired) electrons. The van der Waals surface area contributed by atoms with Crippen LogP contribution in [0.4, 0.5) is 0 Å². The van der Waals surface area contributed by atoms with Crippen LogP contribution in [-0.4, -0.2) is 44.1 Å². The summed E-state index contributed by atoms with van der Waals surface area (Å²) in [5, 5.41) is 2.97. The van der Waals surface area contributed by atoms with Crippen LogP contribution in [0.1, 0.15) is 18.1 Å². The Hall–Kier alpha value is -2.33. The lowest BCUT2D eigenvalue weighted by Gasteiger charge is -2.24. The Balaban J connectivity index is 1.78. The second-order valence-electron chi connectivity index (χ2n) is 6.40. The molecule has 0 spiro atoms. The average molecular weight is 340 g/mol. The van der Waals surface area contributed by atoms with Crippen LogP contribution in [0.2, 0.25) is 0 Å². The molecule has 1 amide bonds. The molecule has 0 fully saturated rings. The minimum absolute atomic E-state index is 0.0386. The number of hydrogen-bond donors (Lipinski definition) is 1. The molecule has 0 aromatic heterocycles. The highest BCUT2D eigenvalue weighted by Gasteiger charge is 2.14. The number of nitrogens with zero attached hydrogens (tertiary/aromatic N) is 1. The van der Waals surface area contributed by atoms with Crippen molar-refractivity contribution in [1.29, 1.82) is 0 Å². The first-order valence-corrected chi connectivity index (χ1v) is 8.77. The second-order valence-corrected chi connectivity index (χ2v) is 6.40. The maximum absolute atomic E-state index is 12.1. The van der Waals surface area contributed by atoms with Crippen LogP contribution in [0.15, 0.2) is 54.6 Å². The molecule has 0 heterocycles. The third-order valence-electron chi connectivity index (χ3n) is 4.28. The van der Waals surface area contributed by atoms with E-state index in [0.717, 1.165) is 18.6 Å². The van der Waals surface area contributed by atoms with Crippen LogP contribution in [0, 0.1) is 0 Å². The van der Waals surface area contributed by atoms with Crippen LogP contribution < -0.4 is 10.1 Å². The molecule has 25 heavy (non-hydrogen) atoms. The Morgan fingerprint density at radius 1 is 1.04 bits per heavy atom. The molecule has 2 aromatic carbocycles. The normalized spacial score (nSPS) is 12.0. The van der Waals surface area contributed by atoms with E-state index in [-0.39, 0.29) is 18.6 Å². The van der Waals surface area contributed by atoms with E-state index in [0.29, 0.717) is 6.54 Å². The van der Waals surface area contributed by atoms with Gasteiger partial charge in [-0.05, 0) is 50.2 Å². The Kier molecular flexibility index (Phi) is 7.48. The van der Waals surface area contributed by atoms with Gasteiger partial charge in [-0.1, -0.05) is 49.4 Å². The molecule has 4 nitrogen and oxygen atoms in total. The van der Waals surface area contributed by atoms with E-state index in [9.17, 15) is 4.79 Å². The third-order valence-corrected chi connectivity index (χ3v) is 4.28. The lowest BCUT2D eigenvalue weighted by molar-refractivity contribution is -0.123. The van der Waals surface area contributed by atoms with E-state index in [1.807, 2.05) is 56.6 Å². The molecule has 2 rings (SSSR count). The number of rotatable bonds is 9. The number of ether oxygens (including phenoxy) is 1. The van der Waals surface area contributed by atoms with Gasteiger partial charge in [0, 0.05) is 12.6 Å². The lowest BCUT2D eigenvalue weighted by Crippen LogP contribution is -2.42. The van der Waals surface area contributed by atoms with Gasteiger partial charge in [-0.25, -0.2) is 0 Å². The number of likely N-dealkylation sites (N-methyl/N-ethyl adjacent to an activating group) is 1. The molecule has 134 valence electrons. The van der Waals surface area contributed by atoms with Gasteiger partial charge < -0.3 is 15.0 Å². The summed E-state index contributed by atoms with van der Waals surface area (Å²) in [5.74, 6) is 0.625. The zero-order valence-electron chi connectivity index (χ0n) is 15.4. The highest BCUT2D eigenvalue weighted by atomic mass is 16.5. The van der Waals surface area contributed by atoms with Gasteiger partial charge in [0.15, 0.2) is 6.61 Å². The number of amides is 1. The van der Waals surface area contributed by atoms with Gasteiger partial charge in [-0.15, -0.1) is 0 Å². The fourth-order valence-electron chi connectivity index (χ4n) is 2.58. The topological polar surface area (TPSA) is 41.6 Å². The van der Waals surface area contributed by atoms with Crippen molar-refractivity contribution in [3.63, 3.8) is 0 Å². The maximum Gasteiger partial charge on any atom is 0.257 e. The smallest absolute Gasteiger partial charge is 0.257 e. The number of hydrogen-bond acceptors (Lipinski definition) is 3. The summed E-state index contributed by atoms with van der Waals surface area (Å²) in [7, 11) is 4.07. The Labute approximate surface area is 150 Å². The van der Waals surface area contributed by atoms with Gasteiger partial charge in [-0.2, -0.15) is 0 Å². The van der Waals surface area contributed by atoms with E-state index in [1.54, 1.807) is 0 Å². The first-order chi connectivity index (χ1) is 12.1. The zero-order chi connectivity index (χ0) is 18.1. The van der Waals surface area contributed by atoms with Crippen molar-refractivity contribution in [2.75, 3.05) is 27.2 Å². The molecule has 0 aliphatic heterocycles. The summed E-state index contributed by atoms with van der Waals surface area (Å²) in [4.78, 5) is 14.2. The Bertz CT molecular complexity index is 639. The van der Waals surface area contributed by atoms with Crippen molar-refractivity contribution in [1.82, 2.24) is 10.2 Å². The number of carbonyl (C=O) groups excluding carboxylic acids is 1. The highest BCUT2D eigenvalue weighted by molar-refractivity contribution is 5.77. The summed E-state index contributed by atoms with van der Waals surface area (Å²) in [6.07, 6.45) is 1.89.